The Hall–Kier alpha value is -1.85. The number of rotatable bonds is 5. The molecule has 1 aromatic heterocycles. The highest BCUT2D eigenvalue weighted by atomic mass is 16.5. The highest BCUT2D eigenvalue weighted by Gasteiger charge is 2.14. The lowest BCUT2D eigenvalue weighted by atomic mass is 10.1. The monoisotopic (exact) mass is 232 g/mol. The molecule has 1 aromatic carbocycles. The van der Waals surface area contributed by atoms with E-state index in [0.29, 0.717) is 6.61 Å². The first-order chi connectivity index (χ1) is 8.35. The van der Waals surface area contributed by atoms with Crippen molar-refractivity contribution in [3.63, 3.8) is 0 Å². The van der Waals surface area contributed by atoms with Gasteiger partial charge in [-0.2, -0.15) is 0 Å². The molecule has 2 rings (SSSR count). The van der Waals surface area contributed by atoms with Gasteiger partial charge in [0.25, 0.3) is 0 Å². The third kappa shape index (κ3) is 2.64. The molecule has 1 atom stereocenters. The van der Waals surface area contributed by atoms with E-state index in [0.717, 1.165) is 17.1 Å². The summed E-state index contributed by atoms with van der Waals surface area (Å²) >= 11 is 0. The maximum absolute atomic E-state index is 5.57. The molecular weight excluding hydrogens is 216 g/mol. The standard InChI is InChI=1S/C12H16N4O/c1-2-17-10-5-3-4-9(8-10)11(16-13)12-14-6-7-15-12/h3-8,11,16H,2,13H2,1H3,(H,14,15). The molecule has 2 aromatic rings. The summed E-state index contributed by atoms with van der Waals surface area (Å²) in [6.45, 7) is 2.60. The number of benzene rings is 1. The molecular formula is C12H16N4O. The van der Waals surface area contributed by atoms with E-state index in [-0.39, 0.29) is 6.04 Å². The maximum Gasteiger partial charge on any atom is 0.129 e. The summed E-state index contributed by atoms with van der Waals surface area (Å²) in [6, 6.07) is 7.63. The topological polar surface area (TPSA) is 76.0 Å². The summed E-state index contributed by atoms with van der Waals surface area (Å²) < 4.78 is 5.46. The fourth-order valence-electron chi connectivity index (χ4n) is 1.72. The summed E-state index contributed by atoms with van der Waals surface area (Å²) in [5, 5.41) is 0. The van der Waals surface area contributed by atoms with Gasteiger partial charge in [-0.25, -0.2) is 10.4 Å². The van der Waals surface area contributed by atoms with Gasteiger partial charge in [0.2, 0.25) is 0 Å². The van der Waals surface area contributed by atoms with Crippen LogP contribution in [0.2, 0.25) is 0 Å². The van der Waals surface area contributed by atoms with Crippen LogP contribution in [0.15, 0.2) is 36.7 Å². The van der Waals surface area contributed by atoms with Gasteiger partial charge in [-0.05, 0) is 24.6 Å². The molecule has 1 unspecified atom stereocenters. The van der Waals surface area contributed by atoms with E-state index in [1.54, 1.807) is 12.4 Å². The zero-order valence-corrected chi connectivity index (χ0v) is 9.68. The third-order valence-corrected chi connectivity index (χ3v) is 2.46. The van der Waals surface area contributed by atoms with Gasteiger partial charge in [0.05, 0.1) is 6.61 Å². The molecule has 0 amide bonds. The number of nitrogens with zero attached hydrogens (tertiary/aromatic N) is 1. The molecule has 0 aliphatic rings. The normalized spacial score (nSPS) is 12.4. The number of nitrogens with one attached hydrogen (secondary N) is 2. The lowest BCUT2D eigenvalue weighted by Crippen LogP contribution is -2.29. The Labute approximate surface area is 100.0 Å². The number of aromatic amines is 1. The molecule has 1 heterocycles. The number of hydrogen-bond acceptors (Lipinski definition) is 4. The van der Waals surface area contributed by atoms with Crippen molar-refractivity contribution in [1.82, 2.24) is 15.4 Å². The molecule has 17 heavy (non-hydrogen) atoms. The molecule has 5 nitrogen and oxygen atoms in total. The maximum atomic E-state index is 5.57. The molecule has 0 bridgehead atoms. The highest BCUT2D eigenvalue weighted by Crippen LogP contribution is 2.22. The molecule has 90 valence electrons. The van der Waals surface area contributed by atoms with Gasteiger partial charge < -0.3 is 9.72 Å². The lowest BCUT2D eigenvalue weighted by molar-refractivity contribution is 0.339. The quantitative estimate of drug-likeness (QED) is 0.537. The molecule has 0 spiro atoms. The second-order valence-corrected chi connectivity index (χ2v) is 3.58. The van der Waals surface area contributed by atoms with Gasteiger partial charge in [-0.15, -0.1) is 0 Å². The predicted molar refractivity (Wildman–Crippen MR) is 65.4 cm³/mol. The molecule has 0 aliphatic carbocycles. The number of H-pyrrole nitrogens is 1. The number of hydrazine groups is 1. The first kappa shape index (κ1) is 11.6. The molecule has 5 heteroatoms. The third-order valence-electron chi connectivity index (χ3n) is 2.46. The number of hydrogen-bond donors (Lipinski definition) is 3. The summed E-state index contributed by atoms with van der Waals surface area (Å²) in [5.74, 6) is 7.18. The Morgan fingerprint density at radius 1 is 1.53 bits per heavy atom. The van der Waals surface area contributed by atoms with Crippen LogP contribution in [0.4, 0.5) is 0 Å². The average molecular weight is 232 g/mol. The van der Waals surface area contributed by atoms with E-state index in [1.165, 1.54) is 0 Å². The van der Waals surface area contributed by atoms with Crippen LogP contribution in [0.3, 0.4) is 0 Å². The van der Waals surface area contributed by atoms with Crippen LogP contribution in [-0.4, -0.2) is 16.6 Å². The van der Waals surface area contributed by atoms with Gasteiger partial charge in [-0.1, -0.05) is 12.1 Å². The van der Waals surface area contributed by atoms with Crippen LogP contribution < -0.4 is 16.0 Å². The van der Waals surface area contributed by atoms with Crippen LogP contribution in [0.25, 0.3) is 0 Å². The van der Waals surface area contributed by atoms with Gasteiger partial charge in [-0.3, -0.25) is 5.84 Å². The minimum Gasteiger partial charge on any atom is -0.494 e. The Balaban J connectivity index is 2.28. The van der Waals surface area contributed by atoms with Crippen LogP contribution in [0, 0.1) is 0 Å². The molecule has 0 fully saturated rings. The number of imidazole rings is 1. The largest absolute Gasteiger partial charge is 0.494 e. The van der Waals surface area contributed by atoms with Gasteiger partial charge in [0, 0.05) is 12.4 Å². The zero-order chi connectivity index (χ0) is 12.1. The molecule has 0 aliphatic heterocycles. The van der Waals surface area contributed by atoms with Crippen molar-refractivity contribution in [2.45, 2.75) is 13.0 Å². The zero-order valence-electron chi connectivity index (χ0n) is 9.68. The van der Waals surface area contributed by atoms with Crippen LogP contribution in [0.1, 0.15) is 24.4 Å². The second kappa shape index (κ2) is 5.47. The van der Waals surface area contributed by atoms with Crippen molar-refractivity contribution in [3.8, 4) is 5.75 Å². The van der Waals surface area contributed by atoms with Crippen molar-refractivity contribution >= 4 is 0 Å². The van der Waals surface area contributed by atoms with Gasteiger partial charge in [0.1, 0.15) is 17.6 Å². The fourth-order valence-corrected chi connectivity index (χ4v) is 1.72. The summed E-state index contributed by atoms with van der Waals surface area (Å²) in [5.41, 5.74) is 3.75. The first-order valence-electron chi connectivity index (χ1n) is 5.53. The number of nitrogens with two attached hydrogens (primary N) is 1. The van der Waals surface area contributed by atoms with Crippen LogP contribution in [-0.2, 0) is 0 Å². The van der Waals surface area contributed by atoms with E-state index < -0.39 is 0 Å². The number of aromatic nitrogens is 2. The van der Waals surface area contributed by atoms with E-state index >= 15 is 0 Å². The average Bonchev–Trinajstić information content (AvgIpc) is 2.85. The fraction of sp³-hybridized carbons (Fsp3) is 0.250. The van der Waals surface area contributed by atoms with Gasteiger partial charge >= 0.3 is 0 Å². The Bertz CT molecular complexity index is 455. The van der Waals surface area contributed by atoms with Gasteiger partial charge in [0.15, 0.2) is 0 Å². The van der Waals surface area contributed by atoms with Crippen LogP contribution in [0.5, 0.6) is 5.75 Å². The van der Waals surface area contributed by atoms with Crippen molar-refractivity contribution in [2.75, 3.05) is 6.61 Å². The van der Waals surface area contributed by atoms with E-state index in [2.05, 4.69) is 15.4 Å². The Morgan fingerprint density at radius 2 is 2.41 bits per heavy atom. The minimum atomic E-state index is -0.162. The predicted octanol–water partition coefficient (Wildman–Crippen LogP) is 1.36. The van der Waals surface area contributed by atoms with E-state index in [1.807, 2.05) is 31.2 Å². The summed E-state index contributed by atoms with van der Waals surface area (Å²) in [6.07, 6.45) is 3.47. The second-order valence-electron chi connectivity index (χ2n) is 3.58. The number of ether oxygens (including phenoxy) is 1. The minimum absolute atomic E-state index is 0.162. The van der Waals surface area contributed by atoms with E-state index in [4.69, 9.17) is 10.6 Å². The summed E-state index contributed by atoms with van der Waals surface area (Å²) in [7, 11) is 0. The Kier molecular flexibility index (Phi) is 3.74. The molecule has 4 N–H and O–H groups in total. The van der Waals surface area contributed by atoms with Crippen molar-refractivity contribution < 1.29 is 4.74 Å². The lowest BCUT2D eigenvalue weighted by Gasteiger charge is -2.14. The van der Waals surface area contributed by atoms with Crippen LogP contribution >= 0.6 is 0 Å². The van der Waals surface area contributed by atoms with Crippen molar-refractivity contribution in [2.24, 2.45) is 5.84 Å². The highest BCUT2D eigenvalue weighted by molar-refractivity contribution is 5.33. The van der Waals surface area contributed by atoms with Crippen molar-refractivity contribution in [1.29, 1.82) is 0 Å². The Morgan fingerprint density at radius 3 is 3.06 bits per heavy atom. The van der Waals surface area contributed by atoms with Crippen molar-refractivity contribution in [3.05, 3.63) is 48.0 Å². The smallest absolute Gasteiger partial charge is 0.129 e. The first-order valence-corrected chi connectivity index (χ1v) is 5.53. The van der Waals surface area contributed by atoms with E-state index in [9.17, 15) is 0 Å². The summed E-state index contributed by atoms with van der Waals surface area (Å²) in [4.78, 5) is 7.24. The molecule has 0 radical (unpaired) electrons. The molecule has 0 saturated carbocycles. The SMILES string of the molecule is CCOc1cccc(C(NN)c2ncc[nH]2)c1. The molecule has 0 saturated heterocycles.